The van der Waals surface area contributed by atoms with E-state index >= 15 is 0 Å². The van der Waals surface area contributed by atoms with Gasteiger partial charge >= 0.3 is 41.9 Å². The first kappa shape index (κ1) is 111. The molecule has 35 heteroatoms. The number of amides is 7. The molecule has 134 heavy (non-hydrogen) atoms. The van der Waals surface area contributed by atoms with Crippen LogP contribution in [0.25, 0.3) is 0 Å². The van der Waals surface area contributed by atoms with Crippen molar-refractivity contribution in [3.8, 4) is 0 Å². The van der Waals surface area contributed by atoms with E-state index in [1.807, 2.05) is 30.3 Å². The highest BCUT2D eigenvalue weighted by Gasteiger charge is 2.58. The van der Waals surface area contributed by atoms with Crippen LogP contribution in [0.5, 0.6) is 0 Å². The van der Waals surface area contributed by atoms with Gasteiger partial charge in [0.15, 0.2) is 37.0 Å². The van der Waals surface area contributed by atoms with Gasteiger partial charge in [0.25, 0.3) is 0 Å². The zero-order chi connectivity index (χ0) is 97.1. The minimum atomic E-state index is -1.28. The summed E-state index contributed by atoms with van der Waals surface area (Å²) in [6, 6.07) is 5.70. The second kappa shape index (κ2) is 59.0. The predicted octanol–water partition coefficient (Wildman–Crippen LogP) is 10.7. The average Bonchev–Trinajstić information content (AvgIpc) is 1.26. The molecule has 7 amide bonds. The molecule has 0 radical (unpaired) electrons. The third kappa shape index (κ3) is 37.5. The predicted molar refractivity (Wildman–Crippen MR) is 491 cm³/mol. The lowest BCUT2D eigenvalue weighted by atomic mass is 9.49. The van der Waals surface area contributed by atoms with Gasteiger partial charge in [-0.2, -0.15) is 0 Å². The molecule has 6 fully saturated rings. The van der Waals surface area contributed by atoms with E-state index in [1.54, 1.807) is 10.5 Å². The Morgan fingerprint density at radius 2 is 0.888 bits per heavy atom. The molecule has 756 valence electrons. The fourth-order valence-electron chi connectivity index (χ4n) is 20.6. The maximum Gasteiger partial charge on any atom is 0.410 e. The van der Waals surface area contributed by atoms with Crippen molar-refractivity contribution in [3.63, 3.8) is 0 Å². The number of ether oxygens (including phenoxy) is 15. The van der Waals surface area contributed by atoms with Crippen molar-refractivity contribution in [2.24, 2.45) is 46.8 Å². The van der Waals surface area contributed by atoms with Crippen molar-refractivity contribution in [1.29, 1.82) is 0 Å². The summed E-state index contributed by atoms with van der Waals surface area (Å²) >= 11 is 0. The Bertz CT molecular complexity index is 3880. The highest BCUT2D eigenvalue weighted by Crippen LogP contribution is 2.64. The van der Waals surface area contributed by atoms with E-state index in [9.17, 15) is 62.3 Å². The molecule has 6 N–H and O–H groups in total. The van der Waals surface area contributed by atoms with Crippen LogP contribution in [0.1, 0.15) is 275 Å². The fourth-order valence-corrected chi connectivity index (χ4v) is 20.6. The number of hydrogen-bond acceptors (Lipinski definition) is 28. The first-order valence-electron chi connectivity index (χ1n) is 49.5. The molecule has 4 aliphatic carbocycles. The first-order chi connectivity index (χ1) is 64.3. The van der Waals surface area contributed by atoms with E-state index in [2.05, 4.69) is 65.7 Å². The van der Waals surface area contributed by atoms with E-state index < -0.39 is 133 Å². The topological polar surface area (TPSA) is 436 Å². The molecule has 3 aliphatic heterocycles. The van der Waals surface area contributed by atoms with Gasteiger partial charge in [0.1, 0.15) is 50.2 Å². The number of unbranched alkanes of at least 4 members (excludes halogenated alkanes) is 9. The molecular formula is C99H157N7O28. The highest BCUT2D eigenvalue weighted by molar-refractivity contribution is 5.78. The summed E-state index contributed by atoms with van der Waals surface area (Å²) in [6.07, 6.45) is 17.6. The van der Waals surface area contributed by atoms with Crippen LogP contribution in [0.15, 0.2) is 42.0 Å². The number of carbonyl (C=O) groups excluding carboxylic acids is 13. The molecule has 0 aromatic heterocycles. The number of carbonyl (C=O) groups is 13. The van der Waals surface area contributed by atoms with Crippen molar-refractivity contribution < 1.29 is 133 Å². The standard InChI is InChI=1S/C99H157N7O28/c1-63(2)31-28-32-64(3)76-39-40-78-77(76)41-42-80-79(78)38-37-74-57-75(43-46-99(74,80)12)122-52-25-18-16-14-13-15-17-24-51-120-59-81-91(123-56-45-88(118)103-50-30-48-101-86(116)36-23-27-54-125-97-90(105-66(5)108)95(132-72(11)114)93(130-70(9)112)84(134-97)62-127-68(7)110)82(106(81)98(119)128-58-73-33-20-19-21-34-73)60-121-55-44-87(117)102-49-29-47-100-85(115)35-22-26-53-124-96-89(104-65(4)107)94(131-71(10)113)92(129-69(8)111)83(133-96)61-126-67(6)109/h19-21,33-34,57,63-64,75-84,89-97H,13-18,22-32,35-56,58-62H2,1-12H3,(H,100,115)(H,101,116)(H,102,117)(H,103,118)(H,104,107)(H,105,108)/t64-,75+,76-,77-,78-,79+,80+,81?,82?,83?,84?,89?,90?,91?,92?,93?,94?,95?,96?,97?,99+/m1/s1. The molecule has 1 aromatic carbocycles. The molecule has 13 unspecified atom stereocenters. The van der Waals surface area contributed by atoms with Gasteiger partial charge in [0.05, 0.1) is 44.6 Å². The third-order valence-corrected chi connectivity index (χ3v) is 27.0. The Morgan fingerprint density at radius 3 is 1.39 bits per heavy atom. The van der Waals surface area contributed by atoms with Gasteiger partial charge in [-0.25, -0.2) is 4.79 Å². The molecule has 8 rings (SSSR count). The Labute approximate surface area is 792 Å². The van der Waals surface area contributed by atoms with Gasteiger partial charge in [-0.3, -0.25) is 62.4 Å². The maximum absolute atomic E-state index is 14.3. The monoisotopic (exact) mass is 1890 g/mol. The van der Waals surface area contributed by atoms with Crippen molar-refractivity contribution >= 4 is 77.4 Å². The van der Waals surface area contributed by atoms with Gasteiger partial charge in [-0.05, 0) is 155 Å². The Kier molecular flexibility index (Phi) is 48.8. The number of benzene rings is 1. The number of rotatable bonds is 60. The van der Waals surface area contributed by atoms with Gasteiger partial charge in [0, 0.05) is 134 Å². The molecule has 3 saturated heterocycles. The number of allylic oxidation sites excluding steroid dienone is 1. The lowest BCUT2D eigenvalue weighted by Crippen LogP contribution is -2.73. The first-order valence-corrected chi connectivity index (χ1v) is 49.5. The second-order valence-electron chi connectivity index (χ2n) is 37.9. The van der Waals surface area contributed by atoms with Crippen LogP contribution in [-0.2, 0) is 135 Å². The molecule has 21 atom stereocenters. The van der Waals surface area contributed by atoms with Gasteiger partial charge in [-0.1, -0.05) is 127 Å². The van der Waals surface area contributed by atoms with E-state index in [0.29, 0.717) is 50.5 Å². The maximum atomic E-state index is 14.3. The van der Waals surface area contributed by atoms with Gasteiger partial charge in [-0.15, -0.1) is 0 Å². The fraction of sp³-hybridized carbons (Fsp3) is 0.788. The summed E-state index contributed by atoms with van der Waals surface area (Å²) in [5.41, 5.74) is 2.81. The molecule has 7 aliphatic rings. The van der Waals surface area contributed by atoms with E-state index in [1.165, 1.54) is 91.9 Å². The zero-order valence-corrected chi connectivity index (χ0v) is 81.6. The van der Waals surface area contributed by atoms with E-state index in [4.69, 9.17) is 71.1 Å². The smallest absolute Gasteiger partial charge is 0.410 e. The number of esters is 6. The van der Waals surface area contributed by atoms with Crippen molar-refractivity contribution in [2.45, 2.75) is 361 Å². The van der Waals surface area contributed by atoms with Crippen LogP contribution >= 0.6 is 0 Å². The molecule has 35 nitrogen and oxygen atoms in total. The lowest BCUT2D eigenvalue weighted by Gasteiger charge is -2.56. The molecule has 3 heterocycles. The van der Waals surface area contributed by atoms with Crippen LogP contribution in [-0.4, -0.2) is 260 Å². The molecule has 3 saturated carbocycles. The molecular weight excluding hydrogens is 1740 g/mol. The van der Waals surface area contributed by atoms with E-state index in [-0.39, 0.29) is 141 Å². The van der Waals surface area contributed by atoms with Crippen molar-refractivity contribution in [2.75, 3.05) is 92.2 Å². The average molecular weight is 1890 g/mol. The van der Waals surface area contributed by atoms with Crippen LogP contribution in [0, 0.1) is 46.8 Å². The third-order valence-electron chi connectivity index (χ3n) is 27.0. The Balaban J connectivity index is 0.764. The Hall–Kier alpha value is -8.45. The minimum absolute atomic E-state index is 0.00196. The molecule has 1 aromatic rings. The van der Waals surface area contributed by atoms with Gasteiger partial charge in [0.2, 0.25) is 35.4 Å². The Morgan fingerprint density at radius 1 is 0.425 bits per heavy atom. The summed E-state index contributed by atoms with van der Waals surface area (Å²) in [6.45, 7) is 20.9. The van der Waals surface area contributed by atoms with Crippen LogP contribution in [0.3, 0.4) is 0 Å². The van der Waals surface area contributed by atoms with Gasteiger partial charge < -0.3 is 103 Å². The minimum Gasteiger partial charge on any atom is -0.463 e. The largest absolute Gasteiger partial charge is 0.463 e. The summed E-state index contributed by atoms with van der Waals surface area (Å²) in [5, 5.41) is 16.8. The number of fused-ring (bicyclic) bond motifs is 5. The summed E-state index contributed by atoms with van der Waals surface area (Å²) in [5.74, 6) is -0.192. The molecule has 0 spiro atoms. The van der Waals surface area contributed by atoms with Crippen LogP contribution in [0.4, 0.5) is 4.79 Å². The second-order valence-corrected chi connectivity index (χ2v) is 37.9. The van der Waals surface area contributed by atoms with Crippen LogP contribution < -0.4 is 31.9 Å². The highest BCUT2D eigenvalue weighted by atomic mass is 16.7. The summed E-state index contributed by atoms with van der Waals surface area (Å²) in [7, 11) is 0. The molecule has 0 bridgehead atoms. The zero-order valence-electron chi connectivity index (χ0n) is 81.6. The van der Waals surface area contributed by atoms with E-state index in [0.717, 1.165) is 139 Å². The SMILES string of the molecule is CC(=O)NC1C(OCCCCC(=O)NCCCNC(=O)CCOCC2C(OCCC(=O)NCCCNC(=O)CCCCOC3OC(COC(C)=O)C(OC(C)=O)C(OC(C)=O)C3NC(C)=O)C(COCCCCCCCCCCO[C@@H]3C=C4CC[C@H]5[C@@H]6CC[C@H]([C@H](C)CCCC(C)C)[C@H]6CC[C@@H]5[C@@]4(C)CC3)N2C(=O)OCc2ccccc2)OC(COC(C)=O)C(OC(C)=O)C1OC(C)=O. The number of hydrogen-bond donors (Lipinski definition) is 6. The number of likely N-dealkylation sites (tertiary alicyclic amines) is 1. The number of nitrogens with zero attached hydrogens (tertiary/aromatic N) is 1. The summed E-state index contributed by atoms with van der Waals surface area (Å²) in [4.78, 5) is 165. The number of nitrogens with one attached hydrogen (secondary N) is 6. The quantitative estimate of drug-likeness (QED) is 0.0153. The van der Waals surface area contributed by atoms with Crippen molar-refractivity contribution in [3.05, 3.63) is 47.5 Å². The summed E-state index contributed by atoms with van der Waals surface area (Å²) < 4.78 is 87.9. The lowest BCUT2D eigenvalue weighted by molar-refractivity contribution is -0.277. The normalized spacial score (nSPS) is 27.0. The van der Waals surface area contributed by atoms with Crippen LogP contribution in [0.2, 0.25) is 0 Å². The van der Waals surface area contributed by atoms with Crippen molar-refractivity contribution in [1.82, 2.24) is 36.8 Å².